The standard InChI is InChI=1S/C13H9BrF2N2O/c14-11-6-3-9(16)7-12(11)18-13(19)17-10-4-1-8(15)2-5-10/h1-7H,(H2,17,18,19). The van der Waals surface area contributed by atoms with Gasteiger partial charge in [0.1, 0.15) is 11.6 Å². The van der Waals surface area contributed by atoms with E-state index in [0.29, 0.717) is 15.8 Å². The van der Waals surface area contributed by atoms with Crippen LogP contribution in [-0.4, -0.2) is 6.03 Å². The third kappa shape index (κ3) is 3.75. The van der Waals surface area contributed by atoms with E-state index in [1.165, 1.54) is 42.5 Å². The van der Waals surface area contributed by atoms with Gasteiger partial charge in [0.15, 0.2) is 0 Å². The van der Waals surface area contributed by atoms with E-state index in [1.54, 1.807) is 0 Å². The maximum Gasteiger partial charge on any atom is 0.323 e. The van der Waals surface area contributed by atoms with Crippen molar-refractivity contribution in [3.05, 3.63) is 58.6 Å². The molecule has 0 saturated heterocycles. The van der Waals surface area contributed by atoms with Gasteiger partial charge >= 0.3 is 6.03 Å². The van der Waals surface area contributed by atoms with Crippen LogP contribution >= 0.6 is 15.9 Å². The molecule has 6 heteroatoms. The molecule has 0 spiro atoms. The number of amides is 2. The molecule has 2 rings (SSSR count). The molecule has 2 aromatic carbocycles. The number of nitrogens with one attached hydrogen (secondary N) is 2. The molecule has 2 N–H and O–H groups in total. The number of urea groups is 1. The van der Waals surface area contributed by atoms with Gasteiger partial charge in [-0.2, -0.15) is 0 Å². The van der Waals surface area contributed by atoms with Crippen LogP contribution in [0.2, 0.25) is 0 Å². The van der Waals surface area contributed by atoms with Crippen LogP contribution in [0, 0.1) is 11.6 Å². The second-order valence-corrected chi connectivity index (χ2v) is 4.56. The fraction of sp³-hybridized carbons (Fsp3) is 0. The SMILES string of the molecule is O=C(Nc1ccc(F)cc1)Nc1cc(F)ccc1Br. The van der Waals surface area contributed by atoms with Gasteiger partial charge in [0.2, 0.25) is 0 Å². The van der Waals surface area contributed by atoms with E-state index >= 15 is 0 Å². The first-order chi connectivity index (χ1) is 9.04. The lowest BCUT2D eigenvalue weighted by Crippen LogP contribution is -2.19. The number of halogens is 3. The molecule has 0 radical (unpaired) electrons. The number of carbonyl (C=O) groups is 1. The van der Waals surface area contributed by atoms with Crippen LogP contribution in [0.3, 0.4) is 0 Å². The van der Waals surface area contributed by atoms with Crippen molar-refractivity contribution < 1.29 is 13.6 Å². The van der Waals surface area contributed by atoms with Gasteiger partial charge in [-0.25, -0.2) is 13.6 Å². The number of anilines is 2. The molecular formula is C13H9BrF2N2O. The fourth-order valence-corrected chi connectivity index (χ4v) is 1.76. The zero-order valence-electron chi connectivity index (χ0n) is 9.58. The largest absolute Gasteiger partial charge is 0.323 e. The second-order valence-electron chi connectivity index (χ2n) is 3.71. The average molecular weight is 327 g/mol. The number of carbonyl (C=O) groups excluding carboxylic acids is 1. The molecule has 0 heterocycles. The number of benzene rings is 2. The summed E-state index contributed by atoms with van der Waals surface area (Å²) < 4.78 is 26.3. The second kappa shape index (κ2) is 5.79. The van der Waals surface area contributed by atoms with E-state index in [9.17, 15) is 13.6 Å². The lowest BCUT2D eigenvalue weighted by atomic mass is 10.3. The topological polar surface area (TPSA) is 41.1 Å². The maximum atomic E-state index is 13.0. The summed E-state index contributed by atoms with van der Waals surface area (Å²) in [5.41, 5.74) is 0.742. The summed E-state index contributed by atoms with van der Waals surface area (Å²) in [6.07, 6.45) is 0. The van der Waals surface area contributed by atoms with E-state index in [-0.39, 0.29) is 5.82 Å². The Morgan fingerprint density at radius 1 is 0.947 bits per heavy atom. The van der Waals surface area contributed by atoms with Crippen molar-refractivity contribution in [2.75, 3.05) is 10.6 Å². The van der Waals surface area contributed by atoms with E-state index in [4.69, 9.17) is 0 Å². The Bertz CT molecular complexity index is 602. The van der Waals surface area contributed by atoms with Crippen molar-refractivity contribution in [3.63, 3.8) is 0 Å². The number of hydrogen-bond acceptors (Lipinski definition) is 1. The molecule has 0 bridgehead atoms. The zero-order chi connectivity index (χ0) is 13.8. The predicted octanol–water partition coefficient (Wildman–Crippen LogP) is 4.37. The molecule has 0 aliphatic heterocycles. The highest BCUT2D eigenvalue weighted by Crippen LogP contribution is 2.23. The Morgan fingerprint density at radius 2 is 1.58 bits per heavy atom. The maximum absolute atomic E-state index is 13.0. The summed E-state index contributed by atoms with van der Waals surface area (Å²) in [5, 5.41) is 4.99. The van der Waals surface area contributed by atoms with Gasteiger partial charge in [0.25, 0.3) is 0 Å². The molecule has 3 nitrogen and oxygen atoms in total. The summed E-state index contributed by atoms with van der Waals surface area (Å²) in [6, 6.07) is 8.72. The summed E-state index contributed by atoms with van der Waals surface area (Å²) in [4.78, 5) is 11.7. The first-order valence-corrected chi connectivity index (χ1v) is 6.12. The molecule has 2 aromatic rings. The summed E-state index contributed by atoms with van der Waals surface area (Å²) in [5.74, 6) is -0.848. The number of hydrogen-bond donors (Lipinski definition) is 2. The molecule has 0 aromatic heterocycles. The average Bonchev–Trinajstić information content (AvgIpc) is 2.37. The van der Waals surface area contributed by atoms with Crippen molar-refractivity contribution >= 4 is 33.3 Å². The highest BCUT2D eigenvalue weighted by atomic mass is 79.9. The lowest BCUT2D eigenvalue weighted by molar-refractivity contribution is 0.262. The summed E-state index contributed by atoms with van der Waals surface area (Å²) >= 11 is 3.20. The quantitative estimate of drug-likeness (QED) is 0.845. The Labute approximate surface area is 116 Å². The van der Waals surface area contributed by atoms with Gasteiger partial charge in [0.05, 0.1) is 5.69 Å². The Morgan fingerprint density at radius 3 is 2.26 bits per heavy atom. The lowest BCUT2D eigenvalue weighted by Gasteiger charge is -2.09. The first kappa shape index (κ1) is 13.5. The molecule has 0 fully saturated rings. The van der Waals surface area contributed by atoms with Crippen molar-refractivity contribution in [1.82, 2.24) is 0 Å². The molecule has 0 unspecified atom stereocenters. The van der Waals surface area contributed by atoms with Crippen molar-refractivity contribution in [3.8, 4) is 0 Å². The highest BCUT2D eigenvalue weighted by molar-refractivity contribution is 9.10. The van der Waals surface area contributed by atoms with Gasteiger partial charge in [-0.1, -0.05) is 0 Å². The van der Waals surface area contributed by atoms with Crippen LogP contribution in [0.1, 0.15) is 0 Å². The monoisotopic (exact) mass is 326 g/mol. The van der Waals surface area contributed by atoms with Gasteiger partial charge in [-0.3, -0.25) is 0 Å². The molecule has 98 valence electrons. The first-order valence-electron chi connectivity index (χ1n) is 5.33. The molecule has 0 aliphatic carbocycles. The normalized spacial score (nSPS) is 10.1. The highest BCUT2D eigenvalue weighted by Gasteiger charge is 2.07. The van der Waals surface area contributed by atoms with Crippen LogP contribution in [0.25, 0.3) is 0 Å². The van der Waals surface area contributed by atoms with E-state index < -0.39 is 11.8 Å². The van der Waals surface area contributed by atoms with Crippen LogP contribution in [0.5, 0.6) is 0 Å². The molecule has 19 heavy (non-hydrogen) atoms. The van der Waals surface area contributed by atoms with Crippen LogP contribution < -0.4 is 10.6 Å². The van der Waals surface area contributed by atoms with Gasteiger partial charge in [-0.15, -0.1) is 0 Å². The third-order valence-corrected chi connectivity index (χ3v) is 2.97. The van der Waals surface area contributed by atoms with Crippen LogP contribution in [0.4, 0.5) is 25.0 Å². The van der Waals surface area contributed by atoms with E-state index in [0.717, 1.165) is 0 Å². The van der Waals surface area contributed by atoms with Crippen molar-refractivity contribution in [2.24, 2.45) is 0 Å². The predicted molar refractivity (Wildman–Crippen MR) is 73.1 cm³/mol. The van der Waals surface area contributed by atoms with Crippen molar-refractivity contribution in [2.45, 2.75) is 0 Å². The Kier molecular flexibility index (Phi) is 4.11. The summed E-state index contributed by atoms with van der Waals surface area (Å²) in [6.45, 7) is 0. The van der Waals surface area contributed by atoms with E-state index in [2.05, 4.69) is 26.6 Å². The van der Waals surface area contributed by atoms with Crippen molar-refractivity contribution in [1.29, 1.82) is 0 Å². The fourth-order valence-electron chi connectivity index (χ4n) is 1.41. The van der Waals surface area contributed by atoms with Gasteiger partial charge < -0.3 is 10.6 Å². The minimum Gasteiger partial charge on any atom is -0.308 e. The zero-order valence-corrected chi connectivity index (χ0v) is 11.2. The summed E-state index contributed by atoms with van der Waals surface area (Å²) in [7, 11) is 0. The van der Waals surface area contributed by atoms with Crippen LogP contribution in [-0.2, 0) is 0 Å². The third-order valence-electron chi connectivity index (χ3n) is 2.28. The minimum absolute atomic E-state index is 0.305. The molecule has 0 atom stereocenters. The van der Waals surface area contributed by atoms with E-state index in [1.807, 2.05) is 0 Å². The molecular weight excluding hydrogens is 318 g/mol. The molecule has 0 aliphatic rings. The van der Waals surface area contributed by atoms with Crippen LogP contribution in [0.15, 0.2) is 46.9 Å². The minimum atomic E-state index is -0.544. The molecule has 2 amide bonds. The Balaban J connectivity index is 2.05. The van der Waals surface area contributed by atoms with Gasteiger partial charge in [0, 0.05) is 10.2 Å². The van der Waals surface area contributed by atoms with Gasteiger partial charge in [-0.05, 0) is 58.4 Å². The molecule has 0 saturated carbocycles. The Hall–Kier alpha value is -1.95. The smallest absolute Gasteiger partial charge is 0.308 e. The number of rotatable bonds is 2.